The predicted octanol–water partition coefficient (Wildman–Crippen LogP) is -1.43. The minimum Gasteiger partial charge on any atom is -0.500 e. The zero-order chi connectivity index (χ0) is 10.8. The number of benzene rings is 1. The number of carbonyl (C=O) groups is 1. The first-order valence-electron chi connectivity index (χ1n) is 3.82. The Bertz CT molecular complexity index is 354. The summed E-state index contributed by atoms with van der Waals surface area (Å²) in [5.74, 6) is -0.261. The van der Waals surface area contributed by atoms with Crippen LogP contribution in [0.2, 0.25) is 0 Å². The van der Waals surface area contributed by atoms with Crippen molar-refractivity contribution >= 4 is 18.7 Å². The average Bonchev–Trinajstić information content (AvgIpc) is 2.15. The van der Waals surface area contributed by atoms with Crippen LogP contribution in [0.25, 0.3) is 0 Å². The minimum absolute atomic E-state index is 0. The van der Waals surface area contributed by atoms with Crippen molar-refractivity contribution < 1.29 is 73.9 Å². The molecule has 0 spiro atoms. The van der Waals surface area contributed by atoms with Crippen molar-refractivity contribution in [3.63, 3.8) is 0 Å². The summed E-state index contributed by atoms with van der Waals surface area (Å²) in [6.07, 6.45) is 0.366. The number of aldehydes is 1. The fourth-order valence-corrected chi connectivity index (χ4v) is 1.08. The monoisotopic (exact) mass is 242 g/mol. The molecule has 0 aromatic heterocycles. The summed E-state index contributed by atoms with van der Waals surface area (Å²) in [7, 11) is 1.15. The van der Waals surface area contributed by atoms with Gasteiger partial charge in [-0.1, -0.05) is 11.5 Å². The van der Waals surface area contributed by atoms with Crippen LogP contribution in [-0.2, 0) is 0 Å². The number of rotatable bonds is 3. The molecule has 1 aromatic carbocycles. The molecule has 76 valence electrons. The topological polar surface area (TPSA) is 26.3 Å². The molecule has 0 saturated heterocycles. The molecular weight excluding hydrogens is 235 g/mol. The maximum absolute atomic E-state index is 12.4. The quantitative estimate of drug-likeness (QED) is 0.479. The zero-order valence-electron chi connectivity index (χ0n) is 8.34. The van der Waals surface area contributed by atoms with Gasteiger partial charge in [0.15, 0.2) is 0 Å². The van der Waals surface area contributed by atoms with Crippen molar-refractivity contribution in [2.75, 3.05) is 7.11 Å². The van der Waals surface area contributed by atoms with Gasteiger partial charge in [-0.3, -0.25) is 4.79 Å². The molecule has 0 saturated carbocycles. The third-order valence-electron chi connectivity index (χ3n) is 1.74. The van der Waals surface area contributed by atoms with E-state index in [1.165, 1.54) is 6.07 Å². The fourth-order valence-electron chi connectivity index (χ4n) is 1.08. The van der Waals surface area contributed by atoms with E-state index in [9.17, 15) is 17.7 Å². The Labute approximate surface area is 128 Å². The SMILES string of the molecule is COc1ccc(C=O)cc1[B-](F)(F)F.[K+]. The summed E-state index contributed by atoms with van der Waals surface area (Å²) in [6.45, 7) is -5.15. The van der Waals surface area contributed by atoms with E-state index >= 15 is 0 Å². The van der Waals surface area contributed by atoms with Crippen LogP contribution < -0.4 is 61.6 Å². The molecule has 15 heavy (non-hydrogen) atoms. The normalized spacial score (nSPS) is 10.4. The van der Waals surface area contributed by atoms with Crippen LogP contribution in [0.3, 0.4) is 0 Å². The molecule has 0 unspecified atom stereocenters. The Kier molecular flexibility index (Phi) is 6.12. The summed E-state index contributed by atoms with van der Waals surface area (Å²) in [6, 6.07) is 3.19. The zero-order valence-corrected chi connectivity index (χ0v) is 11.5. The van der Waals surface area contributed by atoms with Gasteiger partial charge < -0.3 is 17.7 Å². The van der Waals surface area contributed by atoms with Crippen molar-refractivity contribution in [1.29, 1.82) is 0 Å². The van der Waals surface area contributed by atoms with E-state index in [1.807, 2.05) is 0 Å². The number of halogens is 3. The van der Waals surface area contributed by atoms with E-state index in [0.717, 1.165) is 19.2 Å². The molecule has 1 aromatic rings. The fraction of sp³-hybridized carbons (Fsp3) is 0.125. The van der Waals surface area contributed by atoms with Crippen molar-refractivity contribution in [2.45, 2.75) is 0 Å². The molecule has 0 amide bonds. The van der Waals surface area contributed by atoms with Crippen LogP contribution in [-0.4, -0.2) is 20.4 Å². The Morgan fingerprint density at radius 2 is 1.93 bits per heavy atom. The molecule has 0 bridgehead atoms. The first-order valence-corrected chi connectivity index (χ1v) is 3.82. The van der Waals surface area contributed by atoms with Crippen LogP contribution in [0.1, 0.15) is 10.4 Å². The van der Waals surface area contributed by atoms with Crippen LogP contribution in [0.4, 0.5) is 12.9 Å². The van der Waals surface area contributed by atoms with Gasteiger partial charge in [0.05, 0.1) is 12.9 Å². The Balaban J connectivity index is 0.00000196. The second kappa shape index (κ2) is 6.05. The van der Waals surface area contributed by atoms with E-state index < -0.39 is 12.4 Å². The molecule has 7 heteroatoms. The first-order chi connectivity index (χ1) is 6.49. The van der Waals surface area contributed by atoms with Gasteiger partial charge >= 0.3 is 58.4 Å². The Hall–Kier alpha value is 0.181. The molecule has 0 aliphatic heterocycles. The second-order valence-electron chi connectivity index (χ2n) is 2.69. The van der Waals surface area contributed by atoms with Crippen LogP contribution in [0.5, 0.6) is 5.75 Å². The largest absolute Gasteiger partial charge is 1.00 e. The van der Waals surface area contributed by atoms with Gasteiger partial charge in [0, 0.05) is 5.56 Å². The molecule has 0 atom stereocenters. The van der Waals surface area contributed by atoms with Gasteiger partial charge in [0.2, 0.25) is 0 Å². The average molecular weight is 242 g/mol. The number of methoxy groups -OCH3 is 1. The second-order valence-corrected chi connectivity index (χ2v) is 2.69. The molecule has 0 radical (unpaired) electrons. The van der Waals surface area contributed by atoms with E-state index in [2.05, 4.69) is 4.74 Å². The van der Waals surface area contributed by atoms with Gasteiger partial charge in [-0.25, -0.2) is 0 Å². The summed E-state index contributed by atoms with van der Waals surface area (Å²) >= 11 is 0. The van der Waals surface area contributed by atoms with E-state index in [0.29, 0.717) is 6.29 Å². The van der Waals surface area contributed by atoms with E-state index in [1.54, 1.807) is 0 Å². The number of ether oxygens (including phenoxy) is 1. The third-order valence-corrected chi connectivity index (χ3v) is 1.74. The maximum Gasteiger partial charge on any atom is 1.00 e. The molecular formula is C8H7BF3KO2. The van der Waals surface area contributed by atoms with Crippen molar-refractivity contribution in [3.8, 4) is 5.75 Å². The van der Waals surface area contributed by atoms with Gasteiger partial charge in [-0.15, -0.1) is 0 Å². The van der Waals surface area contributed by atoms with E-state index in [4.69, 9.17) is 0 Å². The Morgan fingerprint density at radius 3 is 2.33 bits per heavy atom. The summed E-state index contributed by atoms with van der Waals surface area (Å²) in [4.78, 5) is 10.3. The van der Waals surface area contributed by atoms with Crippen LogP contribution in [0, 0.1) is 0 Å². The van der Waals surface area contributed by atoms with Crippen molar-refractivity contribution in [2.24, 2.45) is 0 Å². The number of hydrogen-bond donors (Lipinski definition) is 0. The Morgan fingerprint density at radius 1 is 1.33 bits per heavy atom. The van der Waals surface area contributed by atoms with Crippen LogP contribution in [0.15, 0.2) is 18.2 Å². The molecule has 0 fully saturated rings. The minimum atomic E-state index is -5.15. The maximum atomic E-state index is 12.4. The number of carbonyl (C=O) groups excluding carboxylic acids is 1. The first kappa shape index (κ1) is 15.2. The standard InChI is InChI=1S/C8H7BF3O2.K/c1-14-8-3-2-6(5-13)4-7(8)9(10,11)12;/h2-5H,1H3;/q-1;+1. The summed E-state index contributed by atoms with van der Waals surface area (Å²) < 4.78 is 41.8. The van der Waals surface area contributed by atoms with E-state index in [-0.39, 0.29) is 62.7 Å². The van der Waals surface area contributed by atoms with Gasteiger partial charge in [-0.2, -0.15) is 0 Å². The van der Waals surface area contributed by atoms with Gasteiger partial charge in [-0.05, 0) is 12.1 Å². The third kappa shape index (κ3) is 3.92. The van der Waals surface area contributed by atoms with Crippen molar-refractivity contribution in [1.82, 2.24) is 0 Å². The summed E-state index contributed by atoms with van der Waals surface area (Å²) in [5, 5.41) is 0. The predicted molar refractivity (Wildman–Crippen MR) is 47.1 cm³/mol. The molecule has 0 N–H and O–H groups in total. The van der Waals surface area contributed by atoms with Gasteiger partial charge in [0.1, 0.15) is 6.29 Å². The molecule has 0 heterocycles. The molecule has 2 nitrogen and oxygen atoms in total. The van der Waals surface area contributed by atoms with Gasteiger partial charge in [0.25, 0.3) is 0 Å². The van der Waals surface area contributed by atoms with Crippen LogP contribution >= 0.6 is 0 Å². The summed E-state index contributed by atoms with van der Waals surface area (Å²) in [5.41, 5.74) is -0.892. The number of hydrogen-bond acceptors (Lipinski definition) is 2. The molecule has 1 rings (SSSR count). The molecule has 0 aliphatic carbocycles. The smallest absolute Gasteiger partial charge is 0.500 e. The van der Waals surface area contributed by atoms with Crippen molar-refractivity contribution in [3.05, 3.63) is 23.8 Å². The molecule has 0 aliphatic rings.